The minimum atomic E-state index is -0.0204. The van der Waals surface area contributed by atoms with Gasteiger partial charge in [-0.1, -0.05) is 54.9 Å². The van der Waals surface area contributed by atoms with E-state index < -0.39 is 0 Å². The number of carbonyl (C=O) groups excluding carboxylic acids is 1. The molecule has 2 aromatic heterocycles. The van der Waals surface area contributed by atoms with Crippen molar-refractivity contribution in [3.05, 3.63) is 70.9 Å². The summed E-state index contributed by atoms with van der Waals surface area (Å²) in [6, 6.07) is 16.2. The Kier molecular flexibility index (Phi) is 9.20. The Morgan fingerprint density at radius 1 is 1.13 bits per heavy atom. The first kappa shape index (κ1) is 27.4. The number of carbonyl (C=O) groups is 1. The minimum Gasteiger partial charge on any atom is -0.497 e. The van der Waals surface area contributed by atoms with E-state index in [9.17, 15) is 4.79 Å². The van der Waals surface area contributed by atoms with Gasteiger partial charge in [-0.15, -0.1) is 0 Å². The summed E-state index contributed by atoms with van der Waals surface area (Å²) in [7, 11) is 3.32. The number of ether oxygens (including phenoxy) is 1. The van der Waals surface area contributed by atoms with Gasteiger partial charge < -0.3 is 20.4 Å². The Morgan fingerprint density at radius 2 is 1.84 bits per heavy atom. The lowest BCUT2D eigenvalue weighted by molar-refractivity contribution is -0.119. The Hall–Kier alpha value is -3.62. The molecule has 4 rings (SSSR count). The average molecular weight is 535 g/mol. The third kappa shape index (κ3) is 6.82. The molecular formula is C29H35ClN6O2. The molecule has 0 bridgehead atoms. The van der Waals surface area contributed by atoms with Crippen molar-refractivity contribution in [2.75, 3.05) is 32.6 Å². The van der Waals surface area contributed by atoms with Crippen LogP contribution in [0.15, 0.2) is 54.7 Å². The summed E-state index contributed by atoms with van der Waals surface area (Å²) in [6.07, 6.45) is 2.93. The van der Waals surface area contributed by atoms with E-state index in [2.05, 4.69) is 51.5 Å². The van der Waals surface area contributed by atoms with Crippen LogP contribution in [0.4, 0.5) is 5.69 Å². The number of hydrogen-bond donors (Lipinski definition) is 3. The van der Waals surface area contributed by atoms with Gasteiger partial charge in [0.2, 0.25) is 5.91 Å². The number of benzene rings is 2. The zero-order valence-corrected chi connectivity index (χ0v) is 23.1. The number of hydrogen-bond acceptors (Lipinski definition) is 6. The van der Waals surface area contributed by atoms with Gasteiger partial charge in [0.25, 0.3) is 0 Å². The molecule has 3 N–H and O–H groups in total. The molecular weight excluding hydrogens is 500 g/mol. The zero-order valence-electron chi connectivity index (χ0n) is 22.3. The van der Waals surface area contributed by atoms with E-state index in [0.29, 0.717) is 28.4 Å². The second kappa shape index (κ2) is 12.8. The van der Waals surface area contributed by atoms with Gasteiger partial charge in [-0.25, -0.2) is 9.97 Å². The van der Waals surface area contributed by atoms with Crippen LogP contribution in [-0.2, 0) is 17.8 Å². The molecule has 0 aliphatic rings. The quantitative estimate of drug-likeness (QED) is 0.229. The molecule has 1 unspecified atom stereocenters. The molecule has 38 heavy (non-hydrogen) atoms. The molecule has 0 saturated heterocycles. The van der Waals surface area contributed by atoms with Crippen LogP contribution in [0.2, 0.25) is 5.02 Å². The molecule has 1 amide bonds. The number of anilines is 1. The highest BCUT2D eigenvalue weighted by atomic mass is 35.5. The highest BCUT2D eigenvalue weighted by Gasteiger charge is 2.16. The molecule has 200 valence electrons. The number of likely N-dealkylation sites (N-methyl/N-ethyl adjacent to an activating group) is 1. The smallest absolute Gasteiger partial charge is 0.224 e. The maximum absolute atomic E-state index is 11.7. The third-order valence-electron chi connectivity index (χ3n) is 6.62. The first-order chi connectivity index (χ1) is 18.4. The van der Waals surface area contributed by atoms with Gasteiger partial charge in [-0.05, 0) is 43.1 Å². The fourth-order valence-electron chi connectivity index (χ4n) is 4.29. The van der Waals surface area contributed by atoms with E-state index in [4.69, 9.17) is 21.3 Å². The number of fused-ring (bicyclic) bond motifs is 1. The number of halogens is 1. The van der Waals surface area contributed by atoms with Gasteiger partial charge in [0.05, 0.1) is 30.4 Å². The lowest BCUT2D eigenvalue weighted by Gasteiger charge is -2.24. The Morgan fingerprint density at radius 3 is 2.50 bits per heavy atom. The third-order valence-corrected chi connectivity index (χ3v) is 6.91. The van der Waals surface area contributed by atoms with E-state index in [1.54, 1.807) is 20.4 Å². The molecule has 0 aliphatic carbocycles. The number of H-pyrrole nitrogens is 1. The summed E-state index contributed by atoms with van der Waals surface area (Å²) in [4.78, 5) is 26.6. The topological polar surface area (TPSA) is 95.2 Å². The van der Waals surface area contributed by atoms with Crippen molar-refractivity contribution in [1.82, 2.24) is 25.2 Å². The van der Waals surface area contributed by atoms with Gasteiger partial charge in [0, 0.05) is 31.7 Å². The average Bonchev–Trinajstić information content (AvgIpc) is 3.38. The summed E-state index contributed by atoms with van der Waals surface area (Å²) in [5.74, 6) is 1.55. The highest BCUT2D eigenvalue weighted by molar-refractivity contribution is 6.34. The molecule has 0 radical (unpaired) electrons. The number of aromatic nitrogens is 3. The Balaban J connectivity index is 1.43. The second-order valence-electron chi connectivity index (χ2n) is 9.36. The molecule has 8 nitrogen and oxygen atoms in total. The van der Waals surface area contributed by atoms with Crippen molar-refractivity contribution in [2.45, 2.75) is 39.3 Å². The maximum atomic E-state index is 11.7. The van der Waals surface area contributed by atoms with E-state index in [-0.39, 0.29) is 11.9 Å². The van der Waals surface area contributed by atoms with Crippen LogP contribution in [0, 0.1) is 0 Å². The van der Waals surface area contributed by atoms with Gasteiger partial charge in [0.15, 0.2) is 5.65 Å². The fourth-order valence-corrected chi connectivity index (χ4v) is 4.48. The lowest BCUT2D eigenvalue weighted by atomic mass is 10.1. The first-order valence-corrected chi connectivity index (χ1v) is 13.2. The molecule has 0 saturated carbocycles. The van der Waals surface area contributed by atoms with Crippen molar-refractivity contribution < 1.29 is 9.53 Å². The van der Waals surface area contributed by atoms with Crippen LogP contribution in [0.1, 0.15) is 31.4 Å². The summed E-state index contributed by atoms with van der Waals surface area (Å²) in [6.45, 7) is 7.13. The summed E-state index contributed by atoms with van der Waals surface area (Å²) in [5.41, 5.74) is 5.27. The zero-order chi connectivity index (χ0) is 27.1. The van der Waals surface area contributed by atoms with Gasteiger partial charge in [-0.2, -0.15) is 0 Å². The second-order valence-corrected chi connectivity index (χ2v) is 9.77. The minimum absolute atomic E-state index is 0.0204. The Labute approximate surface area is 228 Å². The van der Waals surface area contributed by atoms with Crippen LogP contribution >= 0.6 is 11.6 Å². The van der Waals surface area contributed by atoms with Crippen molar-refractivity contribution in [3.63, 3.8) is 0 Å². The normalized spacial score (nSPS) is 12.1. The van der Waals surface area contributed by atoms with E-state index in [1.807, 2.05) is 36.4 Å². The highest BCUT2D eigenvalue weighted by Crippen LogP contribution is 2.31. The molecule has 0 spiro atoms. The van der Waals surface area contributed by atoms with Crippen LogP contribution in [0.25, 0.3) is 22.6 Å². The number of methoxy groups -OCH3 is 1. The van der Waals surface area contributed by atoms with Crippen molar-refractivity contribution in [3.8, 4) is 17.1 Å². The van der Waals surface area contributed by atoms with Gasteiger partial charge in [-0.3, -0.25) is 9.69 Å². The van der Waals surface area contributed by atoms with E-state index in [1.165, 1.54) is 5.56 Å². The van der Waals surface area contributed by atoms with Crippen molar-refractivity contribution in [2.24, 2.45) is 0 Å². The molecule has 2 aromatic carbocycles. The van der Waals surface area contributed by atoms with E-state index in [0.717, 1.165) is 48.6 Å². The van der Waals surface area contributed by atoms with Gasteiger partial charge in [0.1, 0.15) is 17.1 Å². The molecule has 9 heteroatoms. The molecule has 0 fully saturated rings. The lowest BCUT2D eigenvalue weighted by Crippen LogP contribution is -2.28. The monoisotopic (exact) mass is 534 g/mol. The van der Waals surface area contributed by atoms with Crippen LogP contribution in [0.5, 0.6) is 5.75 Å². The number of aromatic amines is 1. The van der Waals surface area contributed by atoms with Gasteiger partial charge >= 0.3 is 0 Å². The van der Waals surface area contributed by atoms with Crippen molar-refractivity contribution in [1.29, 1.82) is 0 Å². The van der Waals surface area contributed by atoms with Crippen LogP contribution in [0.3, 0.4) is 0 Å². The largest absolute Gasteiger partial charge is 0.497 e. The standard InChI is InChI=1S/C29H35ClN6O2/c1-5-36(18-21-8-12-23(38-4)13-9-21)15-14-19(2)33-26-24(30)17-32-29-27(26)34-28(35-29)22-10-6-20(7-11-22)16-25(37)31-3/h6-13,17,19H,5,14-16,18H2,1-4H3,(H,31,37)(H2,32,33,34,35). The predicted octanol–water partition coefficient (Wildman–Crippen LogP) is 5.29. The fraction of sp³-hybridized carbons (Fsp3) is 0.345. The van der Waals surface area contributed by atoms with E-state index >= 15 is 0 Å². The summed E-state index contributed by atoms with van der Waals surface area (Å²) in [5, 5.41) is 6.75. The summed E-state index contributed by atoms with van der Waals surface area (Å²) >= 11 is 6.57. The van der Waals surface area contributed by atoms with Crippen LogP contribution in [-0.4, -0.2) is 59.0 Å². The molecule has 2 heterocycles. The summed E-state index contributed by atoms with van der Waals surface area (Å²) < 4.78 is 5.27. The van der Waals surface area contributed by atoms with Crippen molar-refractivity contribution >= 4 is 34.4 Å². The maximum Gasteiger partial charge on any atom is 0.224 e. The number of nitrogens with one attached hydrogen (secondary N) is 3. The number of pyridine rings is 1. The number of imidazole rings is 1. The number of amides is 1. The predicted molar refractivity (Wildman–Crippen MR) is 154 cm³/mol. The SMILES string of the molecule is CCN(CCC(C)Nc1c(Cl)cnc2[nH]c(-c3ccc(CC(=O)NC)cc3)nc12)Cc1ccc(OC)cc1. The molecule has 0 aliphatic heterocycles. The first-order valence-electron chi connectivity index (χ1n) is 12.9. The number of nitrogens with zero attached hydrogens (tertiary/aromatic N) is 3. The molecule has 1 atom stereocenters. The Bertz CT molecular complexity index is 1350. The number of rotatable bonds is 12. The van der Waals surface area contributed by atoms with Crippen LogP contribution < -0.4 is 15.4 Å². The molecule has 4 aromatic rings.